The second-order valence-corrected chi connectivity index (χ2v) is 29.3. The minimum absolute atomic E-state index is 0.364. The molecule has 0 rings (SSSR count). The van der Waals surface area contributed by atoms with Crippen LogP contribution in [0.3, 0.4) is 0 Å². The lowest BCUT2D eigenvalue weighted by Gasteiger charge is -2.38. The summed E-state index contributed by atoms with van der Waals surface area (Å²) in [6.07, 6.45) is 0. The van der Waals surface area contributed by atoms with E-state index in [2.05, 4.69) is 138 Å². The SMILES string of the molecule is CC[Si](C#CC(OC(C)=O)=C(C#C[Si](C(C)C)(C(C)C)C(C)C)C#C[Si](C(C)C)(C(C)C)C(C)C)(CC)CC. The fraction of sp³-hybridized carbons (Fsp3) is 0.735. The highest BCUT2D eigenvalue weighted by molar-refractivity contribution is 6.91. The normalized spacial score (nSPS) is 12.3. The lowest BCUT2D eigenvalue weighted by atomic mass is 10.2. The van der Waals surface area contributed by atoms with Crippen LogP contribution >= 0.6 is 0 Å². The van der Waals surface area contributed by atoms with E-state index in [4.69, 9.17) is 4.74 Å². The molecule has 0 saturated heterocycles. The molecule has 39 heavy (non-hydrogen) atoms. The highest BCUT2D eigenvalue weighted by Gasteiger charge is 2.43. The van der Waals surface area contributed by atoms with Gasteiger partial charge < -0.3 is 4.74 Å². The summed E-state index contributed by atoms with van der Waals surface area (Å²) in [5, 5.41) is 0. The third-order valence-electron chi connectivity index (χ3n) is 9.48. The molecule has 0 aliphatic rings. The maximum Gasteiger partial charge on any atom is 0.308 e. The molecule has 0 aromatic heterocycles. The Morgan fingerprint density at radius 2 is 0.872 bits per heavy atom. The molecule has 0 amide bonds. The first-order valence-electron chi connectivity index (χ1n) is 15.5. The Bertz CT molecular complexity index is 920. The van der Waals surface area contributed by atoms with Gasteiger partial charge >= 0.3 is 5.97 Å². The van der Waals surface area contributed by atoms with Gasteiger partial charge in [-0.3, -0.25) is 4.79 Å². The Kier molecular flexibility index (Phi) is 15.5. The van der Waals surface area contributed by atoms with E-state index in [9.17, 15) is 4.79 Å². The van der Waals surface area contributed by atoms with Crippen LogP contribution in [-0.2, 0) is 9.53 Å². The third kappa shape index (κ3) is 9.01. The Morgan fingerprint density at radius 1 is 0.564 bits per heavy atom. The second-order valence-electron chi connectivity index (χ2n) is 13.2. The average Bonchev–Trinajstić information content (AvgIpc) is 2.82. The first-order chi connectivity index (χ1) is 17.9. The predicted octanol–water partition coefficient (Wildman–Crippen LogP) is 10.3. The summed E-state index contributed by atoms with van der Waals surface area (Å²) < 4.78 is 5.85. The van der Waals surface area contributed by atoms with Crippen molar-refractivity contribution in [3.63, 3.8) is 0 Å². The maximum absolute atomic E-state index is 12.4. The molecule has 0 aliphatic carbocycles. The van der Waals surface area contributed by atoms with Crippen LogP contribution in [0.4, 0.5) is 0 Å². The predicted molar refractivity (Wildman–Crippen MR) is 181 cm³/mol. The largest absolute Gasteiger partial charge is 0.415 e. The number of hydrogen-bond donors (Lipinski definition) is 0. The summed E-state index contributed by atoms with van der Waals surface area (Å²) in [4.78, 5) is 12.4. The van der Waals surface area contributed by atoms with E-state index in [1.54, 1.807) is 0 Å². The van der Waals surface area contributed by atoms with Gasteiger partial charge in [0.2, 0.25) is 5.76 Å². The van der Waals surface area contributed by atoms with Gasteiger partial charge in [0.1, 0.15) is 29.8 Å². The lowest BCUT2D eigenvalue weighted by Crippen LogP contribution is -2.43. The summed E-state index contributed by atoms with van der Waals surface area (Å²) in [6, 6.07) is 3.25. The van der Waals surface area contributed by atoms with Crippen molar-refractivity contribution in [1.82, 2.24) is 0 Å². The summed E-state index contributed by atoms with van der Waals surface area (Å²) in [5.74, 6) is 10.5. The minimum Gasteiger partial charge on any atom is -0.415 e. The molecule has 0 radical (unpaired) electrons. The first-order valence-corrected chi connectivity index (χ1v) is 22.5. The van der Waals surface area contributed by atoms with Gasteiger partial charge in [-0.1, -0.05) is 116 Å². The number of hydrogen-bond acceptors (Lipinski definition) is 2. The third-order valence-corrected chi connectivity index (χ3v) is 26.8. The van der Waals surface area contributed by atoms with Crippen LogP contribution in [0.25, 0.3) is 0 Å². The summed E-state index contributed by atoms with van der Waals surface area (Å²) in [5.41, 5.74) is 14.9. The number of carbonyl (C=O) groups is 1. The van der Waals surface area contributed by atoms with E-state index in [-0.39, 0.29) is 5.97 Å². The molecule has 0 aliphatic heterocycles. The monoisotopic (exact) mass is 584 g/mol. The Morgan fingerprint density at radius 3 is 1.10 bits per heavy atom. The fourth-order valence-corrected chi connectivity index (χ4v) is 19.7. The molecule has 0 fully saturated rings. The van der Waals surface area contributed by atoms with Crippen LogP contribution in [0.15, 0.2) is 11.3 Å². The Labute approximate surface area is 247 Å². The highest BCUT2D eigenvalue weighted by Crippen LogP contribution is 2.42. The van der Waals surface area contributed by atoms with Crippen LogP contribution in [-0.4, -0.2) is 30.2 Å². The van der Waals surface area contributed by atoms with E-state index >= 15 is 0 Å². The van der Waals surface area contributed by atoms with E-state index in [0.717, 1.165) is 18.1 Å². The Hall–Kier alpha value is -1.46. The molecule has 5 heteroatoms. The number of allylic oxidation sites excluding steroid dienone is 2. The second kappa shape index (κ2) is 16.1. The molecule has 0 bridgehead atoms. The van der Waals surface area contributed by atoms with Gasteiger partial charge in [-0.15, -0.1) is 16.6 Å². The van der Waals surface area contributed by atoms with Gasteiger partial charge in [0.05, 0.1) is 0 Å². The Balaban J connectivity index is 7.93. The molecule has 2 nitrogen and oxygen atoms in total. The minimum atomic E-state index is -2.03. The van der Waals surface area contributed by atoms with Crippen LogP contribution < -0.4 is 0 Å². The zero-order valence-electron chi connectivity index (χ0n) is 28.4. The molecule has 0 atom stereocenters. The van der Waals surface area contributed by atoms with Gasteiger partial charge in [0, 0.05) is 6.92 Å². The average molecular weight is 585 g/mol. The number of esters is 1. The van der Waals surface area contributed by atoms with Gasteiger partial charge in [0.15, 0.2) is 0 Å². The zero-order chi connectivity index (χ0) is 30.8. The molecule has 0 heterocycles. The molecule has 0 saturated carbocycles. The topological polar surface area (TPSA) is 26.3 Å². The van der Waals surface area contributed by atoms with Crippen molar-refractivity contribution < 1.29 is 9.53 Å². The quantitative estimate of drug-likeness (QED) is 0.110. The highest BCUT2D eigenvalue weighted by atomic mass is 28.3. The standard InChI is InChI=1S/C34H60O2Si3/c1-17-37(18-2,19-3)23-22-34(36-32(16)35)33(20-24-38(26(4)5,27(6)7)28(8)9)21-25-39(29(10)11,30(12)13)31(14)15/h26-31H,17-19H2,1-16H3. The zero-order valence-corrected chi connectivity index (χ0v) is 31.4. The van der Waals surface area contributed by atoms with Gasteiger partial charge in [-0.25, -0.2) is 0 Å². The number of ether oxygens (including phenoxy) is 1. The molecule has 0 spiro atoms. The van der Waals surface area contributed by atoms with Crippen molar-refractivity contribution in [2.24, 2.45) is 0 Å². The number of carbonyl (C=O) groups excluding carboxylic acids is 1. The van der Waals surface area contributed by atoms with Crippen molar-refractivity contribution in [3.05, 3.63) is 11.3 Å². The van der Waals surface area contributed by atoms with Crippen LogP contribution in [0, 0.1) is 34.4 Å². The van der Waals surface area contributed by atoms with Crippen molar-refractivity contribution >= 4 is 30.2 Å². The van der Waals surface area contributed by atoms with Crippen LogP contribution in [0.2, 0.25) is 51.4 Å². The van der Waals surface area contributed by atoms with Crippen molar-refractivity contribution in [3.8, 4) is 34.4 Å². The molecule has 0 aromatic carbocycles. The summed E-state index contributed by atoms with van der Waals surface area (Å²) >= 11 is 0. The van der Waals surface area contributed by atoms with Gasteiger partial charge in [-0.05, 0) is 57.3 Å². The van der Waals surface area contributed by atoms with E-state index in [1.807, 2.05) is 0 Å². The maximum atomic E-state index is 12.4. The van der Waals surface area contributed by atoms with E-state index in [0.29, 0.717) is 44.6 Å². The van der Waals surface area contributed by atoms with Crippen molar-refractivity contribution in [2.45, 2.75) is 162 Å². The van der Waals surface area contributed by atoms with Crippen molar-refractivity contribution in [2.75, 3.05) is 0 Å². The molecule has 220 valence electrons. The number of rotatable bonds is 10. The van der Waals surface area contributed by atoms with Crippen LogP contribution in [0.5, 0.6) is 0 Å². The molecule has 0 N–H and O–H groups in total. The molecule has 0 unspecified atom stereocenters. The fourth-order valence-electron chi connectivity index (χ4n) is 6.84. The van der Waals surface area contributed by atoms with Crippen LogP contribution in [0.1, 0.15) is 111 Å². The van der Waals surface area contributed by atoms with E-state index in [1.165, 1.54) is 6.92 Å². The summed E-state index contributed by atoms with van der Waals surface area (Å²) in [6.45, 7) is 36.0. The van der Waals surface area contributed by atoms with Crippen molar-refractivity contribution in [1.29, 1.82) is 0 Å². The smallest absolute Gasteiger partial charge is 0.308 e. The molecule has 0 aromatic rings. The summed E-state index contributed by atoms with van der Waals surface area (Å²) in [7, 11) is -5.83. The van der Waals surface area contributed by atoms with E-state index < -0.39 is 24.2 Å². The van der Waals surface area contributed by atoms with Gasteiger partial charge in [0.25, 0.3) is 0 Å². The lowest BCUT2D eigenvalue weighted by molar-refractivity contribution is -0.136. The first kappa shape index (κ1) is 37.5. The van der Waals surface area contributed by atoms with Gasteiger partial charge in [-0.2, -0.15) is 0 Å². The molecular weight excluding hydrogens is 525 g/mol. The molecular formula is C34H60O2Si3.